The first kappa shape index (κ1) is 21.3. The van der Waals surface area contributed by atoms with Crippen LogP contribution in [0.25, 0.3) is 0 Å². The summed E-state index contributed by atoms with van der Waals surface area (Å²) in [6.45, 7) is 0.797. The fourth-order valence-corrected chi connectivity index (χ4v) is 3.29. The summed E-state index contributed by atoms with van der Waals surface area (Å²) in [6, 6.07) is 18.3. The molecule has 2 aromatic carbocycles. The predicted octanol–water partition coefficient (Wildman–Crippen LogP) is 5.38. The highest BCUT2D eigenvalue weighted by atomic mass is 16.6. The van der Waals surface area contributed by atoms with E-state index in [0.717, 1.165) is 17.0 Å². The molecule has 1 aliphatic rings. The standard InChI is InChI=1S/C21H25NO2.CH2O3/c23-21(24-16-18-7-3-1-4-8-18)22-15-17-11-13-20(14-12-17)19-9-5-2-6-10-19;2-1(3)4/h1,3-4,7-8,11-14,19H,2,5-6,9-10,15-16H2,(H,22,23);(H2,2,3,4). The van der Waals surface area contributed by atoms with Crippen LogP contribution >= 0.6 is 0 Å². The Hall–Kier alpha value is -3.02. The van der Waals surface area contributed by atoms with Crippen LogP contribution in [0.1, 0.15) is 54.7 Å². The minimum absolute atomic E-state index is 0.299. The zero-order valence-corrected chi connectivity index (χ0v) is 15.8. The van der Waals surface area contributed by atoms with Crippen LogP contribution in [0.3, 0.4) is 0 Å². The van der Waals surface area contributed by atoms with Gasteiger partial charge in [0, 0.05) is 6.54 Å². The zero-order valence-electron chi connectivity index (χ0n) is 15.8. The highest BCUT2D eigenvalue weighted by Crippen LogP contribution is 2.32. The van der Waals surface area contributed by atoms with Gasteiger partial charge in [-0.3, -0.25) is 0 Å². The molecule has 2 aromatic rings. The Labute approximate surface area is 165 Å². The first-order valence-electron chi connectivity index (χ1n) is 9.50. The number of alkyl carbamates (subject to hydrolysis) is 1. The molecule has 0 bridgehead atoms. The van der Waals surface area contributed by atoms with E-state index in [1.807, 2.05) is 30.3 Å². The van der Waals surface area contributed by atoms with Crippen LogP contribution in [0, 0.1) is 0 Å². The first-order chi connectivity index (χ1) is 13.5. The quantitative estimate of drug-likeness (QED) is 0.642. The molecule has 0 aliphatic heterocycles. The van der Waals surface area contributed by atoms with Gasteiger partial charge in [0.2, 0.25) is 0 Å². The van der Waals surface area contributed by atoms with Crippen LogP contribution in [0.5, 0.6) is 0 Å². The minimum Gasteiger partial charge on any atom is -0.450 e. The summed E-state index contributed by atoms with van der Waals surface area (Å²) in [6.07, 6.45) is 4.48. The van der Waals surface area contributed by atoms with Gasteiger partial charge in [0.15, 0.2) is 0 Å². The molecule has 1 saturated carbocycles. The lowest BCUT2D eigenvalue weighted by Gasteiger charge is -2.22. The average Bonchev–Trinajstić information content (AvgIpc) is 2.72. The van der Waals surface area contributed by atoms with Crippen LogP contribution < -0.4 is 5.32 Å². The topological polar surface area (TPSA) is 95.9 Å². The highest BCUT2D eigenvalue weighted by molar-refractivity contribution is 5.67. The van der Waals surface area contributed by atoms with Gasteiger partial charge in [-0.1, -0.05) is 73.9 Å². The minimum atomic E-state index is -1.83. The van der Waals surface area contributed by atoms with E-state index >= 15 is 0 Å². The smallest absolute Gasteiger partial charge is 0.450 e. The van der Waals surface area contributed by atoms with Crippen LogP contribution in [0.15, 0.2) is 54.6 Å². The van der Waals surface area contributed by atoms with Gasteiger partial charge in [0.25, 0.3) is 0 Å². The van der Waals surface area contributed by atoms with E-state index in [9.17, 15) is 4.79 Å². The fraction of sp³-hybridized carbons (Fsp3) is 0.364. The second-order valence-electron chi connectivity index (χ2n) is 6.77. The van der Waals surface area contributed by atoms with Crippen molar-refractivity contribution in [2.24, 2.45) is 0 Å². The Morgan fingerprint density at radius 3 is 2.11 bits per heavy atom. The van der Waals surface area contributed by atoms with Crippen molar-refractivity contribution in [3.8, 4) is 0 Å². The predicted molar refractivity (Wildman–Crippen MR) is 106 cm³/mol. The van der Waals surface area contributed by atoms with Crippen molar-refractivity contribution in [3.05, 3.63) is 71.3 Å². The maximum Gasteiger partial charge on any atom is 0.503 e. The number of ether oxygens (including phenoxy) is 1. The molecule has 0 atom stereocenters. The SMILES string of the molecule is O=C(NCc1ccc(C2CCCCC2)cc1)OCc1ccccc1.O=C(O)O. The van der Waals surface area contributed by atoms with Crippen molar-refractivity contribution in [2.75, 3.05) is 0 Å². The third-order valence-electron chi connectivity index (χ3n) is 4.71. The van der Waals surface area contributed by atoms with Crippen molar-refractivity contribution in [1.29, 1.82) is 0 Å². The van der Waals surface area contributed by atoms with Crippen molar-refractivity contribution < 1.29 is 24.5 Å². The number of amides is 1. The molecule has 150 valence electrons. The fourth-order valence-electron chi connectivity index (χ4n) is 3.29. The summed E-state index contributed by atoms with van der Waals surface area (Å²) >= 11 is 0. The first-order valence-corrected chi connectivity index (χ1v) is 9.50. The summed E-state index contributed by atoms with van der Waals surface area (Å²) in [7, 11) is 0. The number of nitrogens with one attached hydrogen (secondary N) is 1. The number of carbonyl (C=O) groups is 2. The number of hydrogen-bond donors (Lipinski definition) is 3. The summed E-state index contributed by atoms with van der Waals surface area (Å²) in [5.41, 5.74) is 3.53. The van der Waals surface area contributed by atoms with E-state index in [1.165, 1.54) is 37.7 Å². The van der Waals surface area contributed by atoms with Gasteiger partial charge in [0.1, 0.15) is 6.61 Å². The Kier molecular flexibility index (Phi) is 8.85. The Morgan fingerprint density at radius 2 is 1.50 bits per heavy atom. The lowest BCUT2D eigenvalue weighted by molar-refractivity contribution is 0.136. The monoisotopic (exact) mass is 385 g/mol. The van der Waals surface area contributed by atoms with E-state index in [0.29, 0.717) is 13.2 Å². The molecule has 0 unspecified atom stereocenters. The lowest BCUT2D eigenvalue weighted by Crippen LogP contribution is -2.23. The largest absolute Gasteiger partial charge is 0.503 e. The molecule has 6 nitrogen and oxygen atoms in total. The van der Waals surface area contributed by atoms with Crippen molar-refractivity contribution in [1.82, 2.24) is 5.32 Å². The molecule has 3 rings (SSSR count). The number of benzene rings is 2. The third kappa shape index (κ3) is 8.12. The molecule has 0 heterocycles. The number of carbonyl (C=O) groups excluding carboxylic acids is 1. The van der Waals surface area contributed by atoms with Crippen molar-refractivity contribution >= 4 is 12.2 Å². The van der Waals surface area contributed by atoms with Crippen molar-refractivity contribution in [2.45, 2.75) is 51.2 Å². The molecule has 3 N–H and O–H groups in total. The molecule has 6 heteroatoms. The average molecular weight is 385 g/mol. The molecule has 28 heavy (non-hydrogen) atoms. The molecule has 0 saturated heterocycles. The lowest BCUT2D eigenvalue weighted by atomic mass is 9.84. The normalized spacial score (nSPS) is 13.7. The van der Waals surface area contributed by atoms with Gasteiger partial charge in [-0.15, -0.1) is 0 Å². The van der Waals surface area contributed by atoms with Gasteiger partial charge < -0.3 is 20.3 Å². The van der Waals surface area contributed by atoms with E-state index in [4.69, 9.17) is 19.7 Å². The Bertz CT molecular complexity index is 720. The second-order valence-corrected chi connectivity index (χ2v) is 6.77. The molecule has 1 fully saturated rings. The third-order valence-corrected chi connectivity index (χ3v) is 4.71. The summed E-state index contributed by atoms with van der Waals surface area (Å²) in [5, 5.41) is 16.8. The highest BCUT2D eigenvalue weighted by Gasteiger charge is 2.15. The molecule has 0 spiro atoms. The van der Waals surface area contributed by atoms with Crippen molar-refractivity contribution in [3.63, 3.8) is 0 Å². The van der Waals surface area contributed by atoms with Gasteiger partial charge in [-0.05, 0) is 35.4 Å². The Balaban J connectivity index is 0.000000640. The number of carboxylic acid groups (broad SMARTS) is 2. The molecule has 0 aromatic heterocycles. The molecular weight excluding hydrogens is 358 g/mol. The van der Waals surface area contributed by atoms with E-state index in [1.54, 1.807) is 0 Å². The zero-order chi connectivity index (χ0) is 20.2. The summed E-state index contributed by atoms with van der Waals surface area (Å²) in [4.78, 5) is 20.3. The maximum absolute atomic E-state index is 11.8. The second kappa shape index (κ2) is 11.6. The summed E-state index contributed by atoms with van der Waals surface area (Å²) in [5.74, 6) is 0.719. The van der Waals surface area contributed by atoms with E-state index in [2.05, 4.69) is 29.6 Å². The van der Waals surface area contributed by atoms with Gasteiger partial charge in [0.05, 0.1) is 0 Å². The molecule has 1 amide bonds. The van der Waals surface area contributed by atoms with Gasteiger partial charge >= 0.3 is 12.2 Å². The maximum atomic E-state index is 11.8. The molecule has 1 aliphatic carbocycles. The van der Waals surface area contributed by atoms with Crippen LogP contribution in [-0.4, -0.2) is 22.5 Å². The van der Waals surface area contributed by atoms with Gasteiger partial charge in [-0.25, -0.2) is 9.59 Å². The summed E-state index contributed by atoms with van der Waals surface area (Å²) < 4.78 is 5.22. The number of hydrogen-bond acceptors (Lipinski definition) is 3. The van der Waals surface area contributed by atoms with Gasteiger partial charge in [-0.2, -0.15) is 0 Å². The molecular formula is C22H27NO5. The van der Waals surface area contributed by atoms with E-state index in [-0.39, 0.29) is 6.09 Å². The number of rotatable bonds is 5. The molecule has 0 radical (unpaired) electrons. The van der Waals surface area contributed by atoms with Crippen LogP contribution in [0.4, 0.5) is 9.59 Å². The Morgan fingerprint density at radius 1 is 0.893 bits per heavy atom. The van der Waals surface area contributed by atoms with Crippen LogP contribution in [0.2, 0.25) is 0 Å². The van der Waals surface area contributed by atoms with Crippen LogP contribution in [-0.2, 0) is 17.9 Å². The van der Waals surface area contributed by atoms with E-state index < -0.39 is 6.16 Å².